The van der Waals surface area contributed by atoms with Crippen LogP contribution < -0.4 is 15.4 Å². The Labute approximate surface area is 129 Å². The highest BCUT2D eigenvalue weighted by Gasteiger charge is 2.09. The fourth-order valence-electron chi connectivity index (χ4n) is 1.21. The van der Waals surface area contributed by atoms with E-state index in [4.69, 9.17) is 21.1 Å². The monoisotopic (exact) mass is 364 g/mol. The zero-order valence-electron chi connectivity index (χ0n) is 10.7. The van der Waals surface area contributed by atoms with Gasteiger partial charge >= 0.3 is 6.03 Å². The van der Waals surface area contributed by atoms with Crippen LogP contribution in [0.4, 0.5) is 4.79 Å². The van der Waals surface area contributed by atoms with Crippen LogP contribution in [0.15, 0.2) is 22.7 Å². The smallest absolute Gasteiger partial charge is 0.321 e. The van der Waals surface area contributed by atoms with Crippen LogP contribution in [0.1, 0.15) is 0 Å². The Bertz CT molecular complexity index is 485. The van der Waals surface area contributed by atoms with E-state index >= 15 is 0 Å². The second-order valence-corrected chi connectivity index (χ2v) is 4.95. The van der Waals surface area contributed by atoms with E-state index in [9.17, 15) is 9.59 Å². The zero-order chi connectivity index (χ0) is 15.0. The van der Waals surface area contributed by atoms with Crippen molar-refractivity contribution in [2.45, 2.75) is 0 Å². The maximum Gasteiger partial charge on any atom is 0.321 e. The molecule has 0 saturated carbocycles. The van der Waals surface area contributed by atoms with Crippen LogP contribution in [-0.4, -0.2) is 38.8 Å². The van der Waals surface area contributed by atoms with Crippen LogP contribution in [0.2, 0.25) is 5.02 Å². The van der Waals surface area contributed by atoms with Gasteiger partial charge in [-0.3, -0.25) is 10.1 Å². The first-order valence-corrected chi connectivity index (χ1v) is 6.84. The number of benzene rings is 1. The Kier molecular flexibility index (Phi) is 7.35. The van der Waals surface area contributed by atoms with Crippen molar-refractivity contribution in [2.75, 3.05) is 26.9 Å². The summed E-state index contributed by atoms with van der Waals surface area (Å²) in [5.74, 6) is -0.0916. The van der Waals surface area contributed by atoms with Gasteiger partial charge in [0.05, 0.1) is 11.1 Å². The topological polar surface area (TPSA) is 76.7 Å². The Morgan fingerprint density at radius 2 is 2.15 bits per heavy atom. The molecule has 1 aromatic rings. The minimum absolute atomic E-state index is 0.280. The van der Waals surface area contributed by atoms with Crippen molar-refractivity contribution in [3.05, 3.63) is 27.7 Å². The summed E-state index contributed by atoms with van der Waals surface area (Å²) < 4.78 is 10.6. The third-order valence-corrected chi connectivity index (χ3v) is 2.95. The standard InChI is InChI=1S/C12H14BrClN2O4/c1-19-5-4-15-12(18)16-11(17)7-20-10-3-2-8(14)6-9(10)13/h2-3,6H,4-5,7H2,1H3,(H2,15,16,17,18). The molecule has 3 amide bonds. The van der Waals surface area contributed by atoms with Crippen LogP contribution in [0.5, 0.6) is 5.75 Å². The summed E-state index contributed by atoms with van der Waals surface area (Å²) in [5.41, 5.74) is 0. The lowest BCUT2D eigenvalue weighted by molar-refractivity contribution is -0.122. The lowest BCUT2D eigenvalue weighted by Gasteiger charge is -2.09. The van der Waals surface area contributed by atoms with Gasteiger partial charge in [0.25, 0.3) is 5.91 Å². The average Bonchev–Trinajstić information content (AvgIpc) is 2.38. The molecule has 0 aliphatic carbocycles. The third kappa shape index (κ3) is 6.23. The van der Waals surface area contributed by atoms with Gasteiger partial charge in [-0.15, -0.1) is 0 Å². The summed E-state index contributed by atoms with van der Waals surface area (Å²) in [4.78, 5) is 22.7. The predicted octanol–water partition coefficient (Wildman–Crippen LogP) is 1.95. The Morgan fingerprint density at radius 1 is 1.40 bits per heavy atom. The first-order chi connectivity index (χ1) is 9.52. The summed E-state index contributed by atoms with van der Waals surface area (Å²) in [5, 5.41) is 5.13. The minimum Gasteiger partial charge on any atom is -0.483 e. The van der Waals surface area contributed by atoms with Gasteiger partial charge < -0.3 is 14.8 Å². The van der Waals surface area contributed by atoms with Crippen LogP contribution in [0.3, 0.4) is 0 Å². The van der Waals surface area contributed by atoms with Gasteiger partial charge in [0.2, 0.25) is 0 Å². The molecule has 1 rings (SSSR count). The zero-order valence-corrected chi connectivity index (χ0v) is 13.1. The normalized spacial score (nSPS) is 9.95. The lowest BCUT2D eigenvalue weighted by atomic mass is 10.3. The second-order valence-electron chi connectivity index (χ2n) is 3.66. The quantitative estimate of drug-likeness (QED) is 0.756. The number of methoxy groups -OCH3 is 1. The Hall–Kier alpha value is -1.31. The van der Waals surface area contributed by atoms with E-state index in [0.717, 1.165) is 0 Å². The molecule has 0 unspecified atom stereocenters. The number of ether oxygens (including phenoxy) is 2. The Morgan fingerprint density at radius 3 is 2.80 bits per heavy atom. The number of rotatable bonds is 6. The summed E-state index contributed by atoms with van der Waals surface area (Å²) in [6.45, 7) is 0.410. The van der Waals surface area contributed by atoms with Crippen molar-refractivity contribution in [1.29, 1.82) is 0 Å². The molecular weight excluding hydrogens is 351 g/mol. The van der Waals surface area contributed by atoms with Gasteiger partial charge in [0.1, 0.15) is 5.75 Å². The second kappa shape index (κ2) is 8.78. The maximum absolute atomic E-state index is 11.5. The highest BCUT2D eigenvalue weighted by Crippen LogP contribution is 2.27. The van der Waals surface area contributed by atoms with E-state index in [0.29, 0.717) is 28.4 Å². The molecule has 0 spiro atoms. The minimum atomic E-state index is -0.592. The van der Waals surface area contributed by atoms with Crippen molar-refractivity contribution < 1.29 is 19.1 Å². The highest BCUT2D eigenvalue weighted by atomic mass is 79.9. The van der Waals surface area contributed by atoms with Gasteiger partial charge in [0, 0.05) is 18.7 Å². The van der Waals surface area contributed by atoms with Gasteiger partial charge in [-0.1, -0.05) is 11.6 Å². The van der Waals surface area contributed by atoms with Crippen LogP contribution in [0.25, 0.3) is 0 Å². The van der Waals surface area contributed by atoms with Gasteiger partial charge in [-0.05, 0) is 34.1 Å². The van der Waals surface area contributed by atoms with E-state index in [1.165, 1.54) is 7.11 Å². The number of halogens is 2. The van der Waals surface area contributed by atoms with Crippen LogP contribution >= 0.6 is 27.5 Å². The first kappa shape index (κ1) is 16.7. The van der Waals surface area contributed by atoms with Crippen molar-refractivity contribution in [3.8, 4) is 5.75 Å². The number of imide groups is 1. The molecule has 2 N–H and O–H groups in total. The Balaban J connectivity index is 2.34. The van der Waals surface area contributed by atoms with E-state index in [-0.39, 0.29) is 6.61 Å². The van der Waals surface area contributed by atoms with E-state index < -0.39 is 11.9 Å². The SMILES string of the molecule is COCCNC(=O)NC(=O)COc1ccc(Cl)cc1Br. The number of urea groups is 1. The van der Waals surface area contributed by atoms with E-state index in [1.54, 1.807) is 18.2 Å². The molecule has 20 heavy (non-hydrogen) atoms. The molecule has 0 bridgehead atoms. The molecule has 6 nitrogen and oxygen atoms in total. The molecule has 8 heteroatoms. The fourth-order valence-corrected chi connectivity index (χ4v) is 2.01. The summed E-state index contributed by atoms with van der Waals surface area (Å²) in [7, 11) is 1.52. The summed E-state index contributed by atoms with van der Waals surface area (Å²) >= 11 is 9.04. The number of carbonyl (C=O) groups is 2. The number of carbonyl (C=O) groups excluding carboxylic acids is 2. The molecule has 0 saturated heterocycles. The first-order valence-electron chi connectivity index (χ1n) is 5.67. The van der Waals surface area contributed by atoms with Crippen molar-refractivity contribution >= 4 is 39.5 Å². The molecule has 0 fully saturated rings. The largest absolute Gasteiger partial charge is 0.483 e. The number of amides is 3. The molecule has 0 atom stereocenters. The molecule has 0 aliphatic rings. The molecule has 0 aliphatic heterocycles. The number of hydrogen-bond acceptors (Lipinski definition) is 4. The average molecular weight is 366 g/mol. The molecule has 1 aromatic carbocycles. The van der Waals surface area contributed by atoms with Gasteiger partial charge in [-0.2, -0.15) is 0 Å². The molecular formula is C12H14BrClN2O4. The van der Waals surface area contributed by atoms with E-state index in [2.05, 4.69) is 26.6 Å². The molecule has 0 aromatic heterocycles. The molecule has 0 radical (unpaired) electrons. The summed E-state index contributed by atoms with van der Waals surface area (Å²) in [6, 6.07) is 4.31. The maximum atomic E-state index is 11.5. The van der Waals surface area contributed by atoms with Crippen molar-refractivity contribution in [3.63, 3.8) is 0 Å². The van der Waals surface area contributed by atoms with Crippen LogP contribution in [0, 0.1) is 0 Å². The highest BCUT2D eigenvalue weighted by molar-refractivity contribution is 9.10. The van der Waals surface area contributed by atoms with Gasteiger partial charge in [-0.25, -0.2) is 4.79 Å². The predicted molar refractivity (Wildman–Crippen MR) is 78.1 cm³/mol. The van der Waals surface area contributed by atoms with Gasteiger partial charge in [0.15, 0.2) is 6.61 Å². The summed E-state index contributed by atoms with van der Waals surface area (Å²) in [6.07, 6.45) is 0. The molecule has 0 heterocycles. The fraction of sp³-hybridized carbons (Fsp3) is 0.333. The van der Waals surface area contributed by atoms with Crippen LogP contribution in [-0.2, 0) is 9.53 Å². The van der Waals surface area contributed by atoms with Crippen molar-refractivity contribution in [1.82, 2.24) is 10.6 Å². The van der Waals surface area contributed by atoms with Crippen molar-refractivity contribution in [2.24, 2.45) is 0 Å². The third-order valence-electron chi connectivity index (χ3n) is 2.10. The number of hydrogen-bond donors (Lipinski definition) is 2. The van der Waals surface area contributed by atoms with E-state index in [1.807, 2.05) is 0 Å². The molecule has 110 valence electrons. The number of nitrogens with one attached hydrogen (secondary N) is 2. The lowest BCUT2D eigenvalue weighted by Crippen LogP contribution is -2.42.